The second-order valence-corrected chi connectivity index (χ2v) is 10.3. The molecule has 2 aromatic carbocycles. The number of hydrogen-bond acceptors (Lipinski definition) is 6. The van der Waals surface area contributed by atoms with Gasteiger partial charge in [0.05, 0.1) is 5.69 Å². The molecule has 6 N–H and O–H groups in total. The summed E-state index contributed by atoms with van der Waals surface area (Å²) in [4.78, 5) is 44.9. The molecule has 5 rings (SSSR count). The maximum atomic E-state index is 14.2. The fraction of sp³-hybridized carbons (Fsp3) is 0.286. The van der Waals surface area contributed by atoms with Crippen LogP contribution in [-0.4, -0.2) is 33.1 Å². The molecule has 0 radical (unpaired) electrons. The lowest BCUT2D eigenvalue weighted by Crippen LogP contribution is -2.46. The highest BCUT2D eigenvalue weighted by atomic mass is 32.1. The molecule has 1 atom stereocenters. The van der Waals surface area contributed by atoms with Gasteiger partial charge >= 0.3 is 0 Å². The van der Waals surface area contributed by atoms with Gasteiger partial charge in [-0.25, -0.2) is 0 Å². The molecule has 0 spiro atoms. The van der Waals surface area contributed by atoms with Crippen molar-refractivity contribution in [2.24, 2.45) is 5.73 Å². The molecule has 9 nitrogen and oxygen atoms in total. The van der Waals surface area contributed by atoms with Crippen molar-refractivity contribution in [3.05, 3.63) is 76.4 Å². The Morgan fingerprint density at radius 3 is 2.50 bits per heavy atom. The van der Waals surface area contributed by atoms with Crippen LogP contribution in [-0.2, 0) is 11.2 Å². The van der Waals surface area contributed by atoms with Crippen molar-refractivity contribution in [3.8, 4) is 0 Å². The molecule has 2 aromatic heterocycles. The van der Waals surface area contributed by atoms with Gasteiger partial charge in [0.1, 0.15) is 10.9 Å². The highest BCUT2D eigenvalue weighted by molar-refractivity contribution is 7.09. The van der Waals surface area contributed by atoms with Gasteiger partial charge in [0.15, 0.2) is 5.69 Å². The van der Waals surface area contributed by atoms with Crippen molar-refractivity contribution in [1.82, 2.24) is 14.7 Å². The van der Waals surface area contributed by atoms with Gasteiger partial charge < -0.3 is 21.8 Å². The molecule has 1 fully saturated rings. The summed E-state index contributed by atoms with van der Waals surface area (Å²) < 4.78 is 4.03. The summed E-state index contributed by atoms with van der Waals surface area (Å²) in [6.45, 7) is 2.05. The smallest absolute Gasteiger partial charge is 0.273 e. The molecule has 10 heteroatoms. The highest BCUT2D eigenvalue weighted by Crippen LogP contribution is 2.36. The topological polar surface area (TPSA) is 147 Å². The normalized spacial score (nSPS) is 14.4. The number of nitrogens with two attached hydrogens (primary N) is 2. The van der Waals surface area contributed by atoms with Crippen LogP contribution in [0.2, 0.25) is 0 Å². The number of nitrogens with one attached hydrogen (secondary N) is 2. The predicted molar refractivity (Wildman–Crippen MR) is 149 cm³/mol. The number of H-pyrrole nitrogens is 1. The number of primary amides is 1. The van der Waals surface area contributed by atoms with E-state index in [1.54, 1.807) is 6.20 Å². The Labute approximate surface area is 224 Å². The van der Waals surface area contributed by atoms with Crippen molar-refractivity contribution in [2.75, 3.05) is 10.6 Å². The third-order valence-corrected chi connectivity index (χ3v) is 7.97. The van der Waals surface area contributed by atoms with Crippen LogP contribution < -0.4 is 21.7 Å². The first-order chi connectivity index (χ1) is 18.4. The maximum absolute atomic E-state index is 14.2. The van der Waals surface area contributed by atoms with Crippen molar-refractivity contribution in [3.63, 3.8) is 0 Å². The molecule has 38 heavy (non-hydrogen) atoms. The number of hydrogen-bond donors (Lipinski definition) is 4. The van der Waals surface area contributed by atoms with E-state index in [0.717, 1.165) is 60.1 Å². The first kappa shape index (κ1) is 25.5. The van der Waals surface area contributed by atoms with Gasteiger partial charge in [-0.2, -0.15) is 4.37 Å². The minimum Gasteiger partial charge on any atom is -0.395 e. The zero-order valence-electron chi connectivity index (χ0n) is 21.1. The third kappa shape index (κ3) is 4.74. The lowest BCUT2D eigenvalue weighted by atomic mass is 10.0. The summed E-state index contributed by atoms with van der Waals surface area (Å²) in [5, 5.41) is 4.02. The van der Waals surface area contributed by atoms with E-state index in [9.17, 15) is 14.4 Å². The molecule has 1 aliphatic carbocycles. The van der Waals surface area contributed by atoms with Crippen LogP contribution in [0.5, 0.6) is 0 Å². The van der Waals surface area contributed by atoms with E-state index in [-0.39, 0.29) is 28.2 Å². The number of anilines is 2. The number of amides is 3. The summed E-state index contributed by atoms with van der Waals surface area (Å²) in [7, 11) is 0. The summed E-state index contributed by atoms with van der Waals surface area (Å²) >= 11 is 0.800. The van der Waals surface area contributed by atoms with Crippen molar-refractivity contribution in [2.45, 2.75) is 51.1 Å². The molecular weight excluding hydrogens is 500 g/mol. The SMILES string of the molecule is CCc1ccc(N(C(=O)c2snc(C(N)=O)c2N)[C@@H](C(=O)NC2CCCC2)c2c[nH]c3ccccc23)cc1. The standard InChI is InChI=1S/C28H30N6O3S/c1-2-16-11-13-18(14-12-16)34(28(37)25-22(29)23(26(30)35)33-38-25)24(27(36)32-17-7-3-4-8-17)20-15-31-21-10-6-5-9-19(20)21/h5-6,9-15,17,24,31H,2-4,7-8,29H2,1H3,(H2,30,35)(H,32,36)/t24-/m1/s1. The quantitative estimate of drug-likeness (QED) is 0.268. The van der Waals surface area contributed by atoms with Gasteiger partial charge in [-0.15, -0.1) is 0 Å². The number of aromatic amines is 1. The summed E-state index contributed by atoms with van der Waals surface area (Å²) in [6, 6.07) is 14.2. The number of aryl methyl sites for hydroxylation is 1. The Hall–Kier alpha value is -4.18. The molecular formula is C28H30N6O3S. The Bertz CT molecular complexity index is 1490. The Morgan fingerprint density at radius 2 is 1.84 bits per heavy atom. The summed E-state index contributed by atoms with van der Waals surface area (Å²) in [5.41, 5.74) is 14.5. The van der Waals surface area contributed by atoms with E-state index in [4.69, 9.17) is 11.5 Å². The second-order valence-electron chi connectivity index (χ2n) is 9.52. The number of carbonyl (C=O) groups is 3. The van der Waals surface area contributed by atoms with Crippen molar-refractivity contribution >= 4 is 51.5 Å². The molecule has 0 unspecified atom stereocenters. The lowest BCUT2D eigenvalue weighted by molar-refractivity contribution is -0.123. The monoisotopic (exact) mass is 530 g/mol. The largest absolute Gasteiger partial charge is 0.395 e. The van der Waals surface area contributed by atoms with Crippen LogP contribution in [0.4, 0.5) is 11.4 Å². The average Bonchev–Trinajstić information content (AvgIpc) is 3.67. The summed E-state index contributed by atoms with van der Waals surface area (Å²) in [5.74, 6) is -1.63. The Morgan fingerprint density at radius 1 is 1.13 bits per heavy atom. The van der Waals surface area contributed by atoms with Crippen LogP contribution in [0.1, 0.15) is 69.9 Å². The maximum Gasteiger partial charge on any atom is 0.273 e. The number of benzene rings is 2. The van der Waals surface area contributed by atoms with Crippen molar-refractivity contribution < 1.29 is 14.4 Å². The predicted octanol–water partition coefficient (Wildman–Crippen LogP) is 4.31. The van der Waals surface area contributed by atoms with Crippen LogP contribution in [0.3, 0.4) is 0 Å². The van der Waals surface area contributed by atoms with Gasteiger partial charge in [0.25, 0.3) is 11.8 Å². The first-order valence-electron chi connectivity index (χ1n) is 12.7. The minimum absolute atomic E-state index is 0.0459. The van der Waals surface area contributed by atoms with Gasteiger partial charge in [-0.05, 0) is 54.6 Å². The molecule has 3 amide bonds. The third-order valence-electron chi connectivity index (χ3n) is 7.12. The molecule has 4 aromatic rings. The number of nitrogens with zero attached hydrogens (tertiary/aromatic N) is 2. The van der Waals surface area contributed by atoms with Crippen LogP contribution in [0, 0.1) is 0 Å². The van der Waals surface area contributed by atoms with E-state index >= 15 is 0 Å². The molecule has 196 valence electrons. The van der Waals surface area contributed by atoms with Gasteiger partial charge in [0.2, 0.25) is 5.91 Å². The Balaban J connectivity index is 1.68. The summed E-state index contributed by atoms with van der Waals surface area (Å²) in [6.07, 6.45) is 6.50. The van der Waals surface area contributed by atoms with E-state index in [1.807, 2.05) is 55.5 Å². The molecule has 1 saturated carbocycles. The number of nitrogen functional groups attached to an aromatic ring is 1. The zero-order chi connectivity index (χ0) is 26.8. The Kier molecular flexibility index (Phi) is 7.15. The second kappa shape index (κ2) is 10.7. The lowest BCUT2D eigenvalue weighted by Gasteiger charge is -2.32. The average molecular weight is 531 g/mol. The molecule has 1 aliphatic rings. The zero-order valence-corrected chi connectivity index (χ0v) is 21.9. The van der Waals surface area contributed by atoms with Gasteiger partial charge in [-0.1, -0.05) is 50.1 Å². The molecule has 2 heterocycles. The number of para-hydroxylation sites is 1. The van der Waals surface area contributed by atoms with E-state index in [1.165, 1.54) is 4.90 Å². The van der Waals surface area contributed by atoms with E-state index in [0.29, 0.717) is 11.3 Å². The number of carbonyl (C=O) groups excluding carboxylic acids is 3. The minimum atomic E-state index is -1.01. The van der Waals surface area contributed by atoms with Crippen LogP contribution in [0.25, 0.3) is 10.9 Å². The van der Waals surface area contributed by atoms with E-state index in [2.05, 4.69) is 14.7 Å². The fourth-order valence-corrected chi connectivity index (χ4v) is 5.82. The first-order valence-corrected chi connectivity index (χ1v) is 13.5. The fourth-order valence-electron chi connectivity index (χ4n) is 5.08. The number of aromatic nitrogens is 2. The van der Waals surface area contributed by atoms with Gasteiger partial charge in [0, 0.05) is 34.4 Å². The molecule has 0 bridgehead atoms. The van der Waals surface area contributed by atoms with Crippen LogP contribution in [0.15, 0.2) is 54.7 Å². The van der Waals surface area contributed by atoms with Crippen LogP contribution >= 0.6 is 11.5 Å². The number of rotatable bonds is 8. The highest BCUT2D eigenvalue weighted by Gasteiger charge is 2.38. The van der Waals surface area contributed by atoms with Gasteiger partial charge in [-0.3, -0.25) is 19.3 Å². The van der Waals surface area contributed by atoms with E-state index < -0.39 is 17.9 Å². The molecule has 0 aliphatic heterocycles. The number of fused-ring (bicyclic) bond motifs is 1. The molecule has 0 saturated heterocycles. The van der Waals surface area contributed by atoms with Crippen molar-refractivity contribution in [1.29, 1.82) is 0 Å².